The van der Waals surface area contributed by atoms with E-state index in [2.05, 4.69) is 28.6 Å². The van der Waals surface area contributed by atoms with Crippen LogP contribution in [0, 0.1) is 19.8 Å². The molecule has 164 valence electrons. The molecule has 1 amide bonds. The molecule has 0 radical (unpaired) electrons. The fourth-order valence-corrected chi connectivity index (χ4v) is 4.82. The molecule has 3 heterocycles. The van der Waals surface area contributed by atoms with Crippen molar-refractivity contribution in [1.29, 1.82) is 0 Å². The number of nitrogens with one attached hydrogen (secondary N) is 1. The summed E-state index contributed by atoms with van der Waals surface area (Å²) < 4.78 is 1.73. The molecule has 1 aliphatic rings. The van der Waals surface area contributed by atoms with Crippen LogP contribution in [0.25, 0.3) is 0 Å². The summed E-state index contributed by atoms with van der Waals surface area (Å²) >= 11 is 1.66. The number of carbonyl (C=O) groups is 1. The van der Waals surface area contributed by atoms with E-state index in [-0.39, 0.29) is 11.5 Å². The molecule has 0 aliphatic carbocycles. The number of likely N-dealkylation sites (N-methyl/N-ethyl adjacent to an activating group) is 1. The minimum Gasteiger partial charge on any atom is -0.332 e. The van der Waals surface area contributed by atoms with E-state index in [1.807, 2.05) is 38.2 Å². The van der Waals surface area contributed by atoms with Gasteiger partial charge in [0, 0.05) is 30.7 Å². The Balaban J connectivity index is 1.87. The first-order valence-electron chi connectivity index (χ1n) is 10.7. The predicted octanol–water partition coefficient (Wildman–Crippen LogP) is 2.73. The molecule has 0 bridgehead atoms. The van der Waals surface area contributed by atoms with E-state index in [1.165, 1.54) is 10.4 Å². The lowest BCUT2D eigenvalue weighted by Gasteiger charge is -2.26. The van der Waals surface area contributed by atoms with E-state index in [1.54, 1.807) is 15.9 Å². The molecule has 1 aliphatic heterocycles. The molecule has 1 saturated heterocycles. The average Bonchev–Trinajstić information content (AvgIpc) is 3.12. The number of hydrogen-bond donors (Lipinski definition) is 1. The lowest BCUT2D eigenvalue weighted by Crippen LogP contribution is -2.41. The third-order valence-corrected chi connectivity index (χ3v) is 6.86. The fourth-order valence-electron chi connectivity index (χ4n) is 3.90. The summed E-state index contributed by atoms with van der Waals surface area (Å²) in [5.74, 6) is 0.268. The van der Waals surface area contributed by atoms with Crippen LogP contribution in [-0.4, -0.2) is 60.5 Å². The first kappa shape index (κ1) is 22.7. The fraction of sp³-hybridized carbons (Fsp3) is 0.565. The van der Waals surface area contributed by atoms with E-state index in [0.717, 1.165) is 38.0 Å². The topological polar surface area (TPSA) is 57.6 Å². The highest BCUT2D eigenvalue weighted by Crippen LogP contribution is 2.20. The van der Waals surface area contributed by atoms with Gasteiger partial charge in [0.25, 0.3) is 11.5 Å². The third-order valence-electron chi connectivity index (χ3n) is 5.85. The second kappa shape index (κ2) is 10.4. The van der Waals surface area contributed by atoms with E-state index in [0.29, 0.717) is 31.1 Å². The Morgan fingerprint density at radius 3 is 2.67 bits per heavy atom. The highest BCUT2D eigenvalue weighted by Gasteiger charge is 2.24. The van der Waals surface area contributed by atoms with Gasteiger partial charge in [-0.2, -0.15) is 0 Å². The number of nitrogens with zero attached hydrogens (tertiary/aromatic N) is 3. The van der Waals surface area contributed by atoms with Gasteiger partial charge < -0.3 is 19.7 Å². The van der Waals surface area contributed by atoms with Crippen LogP contribution in [0.2, 0.25) is 0 Å². The number of piperidine rings is 1. The average molecular weight is 431 g/mol. The molecule has 3 rings (SSSR count). The quantitative estimate of drug-likeness (QED) is 0.700. The molecular formula is C23H34N4O2S. The Kier molecular flexibility index (Phi) is 7.86. The Morgan fingerprint density at radius 1 is 1.23 bits per heavy atom. The molecule has 1 unspecified atom stereocenters. The third kappa shape index (κ3) is 5.59. The number of carbonyl (C=O) groups excluding carboxylic acids is 1. The zero-order chi connectivity index (χ0) is 21.7. The summed E-state index contributed by atoms with van der Waals surface area (Å²) in [4.78, 5) is 31.9. The van der Waals surface area contributed by atoms with Crippen LogP contribution in [0.3, 0.4) is 0 Å². The van der Waals surface area contributed by atoms with Crippen LogP contribution in [0.15, 0.2) is 28.5 Å². The summed E-state index contributed by atoms with van der Waals surface area (Å²) in [5, 5.41) is 5.46. The van der Waals surface area contributed by atoms with Gasteiger partial charge in [0.15, 0.2) is 0 Å². The van der Waals surface area contributed by atoms with E-state index >= 15 is 0 Å². The lowest BCUT2D eigenvalue weighted by molar-refractivity contribution is 0.0730. The van der Waals surface area contributed by atoms with Gasteiger partial charge in [0.1, 0.15) is 5.56 Å². The number of hydrogen-bond acceptors (Lipinski definition) is 5. The lowest BCUT2D eigenvalue weighted by atomic mass is 9.99. The van der Waals surface area contributed by atoms with Gasteiger partial charge in [-0.05, 0) is 88.4 Å². The predicted molar refractivity (Wildman–Crippen MR) is 123 cm³/mol. The number of amides is 1. The molecule has 0 spiro atoms. The maximum Gasteiger partial charge on any atom is 0.263 e. The van der Waals surface area contributed by atoms with Crippen molar-refractivity contribution in [2.24, 2.45) is 5.92 Å². The Morgan fingerprint density at radius 2 is 2.03 bits per heavy atom. The van der Waals surface area contributed by atoms with Crippen molar-refractivity contribution in [2.75, 3.05) is 40.3 Å². The zero-order valence-electron chi connectivity index (χ0n) is 18.6. The maximum atomic E-state index is 13.6. The van der Waals surface area contributed by atoms with Gasteiger partial charge in [-0.25, -0.2) is 0 Å². The smallest absolute Gasteiger partial charge is 0.263 e. The Hall–Kier alpha value is -1.96. The second-order valence-corrected chi connectivity index (χ2v) is 9.60. The number of aromatic nitrogens is 1. The molecule has 1 N–H and O–H groups in total. The maximum absolute atomic E-state index is 13.6. The van der Waals surface area contributed by atoms with Crippen molar-refractivity contribution in [2.45, 2.75) is 39.8 Å². The highest BCUT2D eigenvalue weighted by molar-refractivity contribution is 7.10. The molecule has 0 aromatic carbocycles. The van der Waals surface area contributed by atoms with Crippen LogP contribution >= 0.6 is 11.3 Å². The molecule has 1 atom stereocenters. The Bertz CT molecular complexity index is 912. The monoisotopic (exact) mass is 430 g/mol. The molecule has 0 saturated carbocycles. The van der Waals surface area contributed by atoms with Gasteiger partial charge in [0.05, 0.1) is 6.54 Å². The van der Waals surface area contributed by atoms with Crippen LogP contribution < -0.4 is 10.9 Å². The van der Waals surface area contributed by atoms with Crippen molar-refractivity contribution >= 4 is 17.2 Å². The van der Waals surface area contributed by atoms with E-state index < -0.39 is 0 Å². The van der Waals surface area contributed by atoms with Crippen LogP contribution in [-0.2, 0) is 13.1 Å². The van der Waals surface area contributed by atoms with E-state index in [4.69, 9.17) is 0 Å². The van der Waals surface area contributed by atoms with Crippen LogP contribution in [0.1, 0.15) is 39.2 Å². The molecule has 6 nitrogen and oxygen atoms in total. The molecule has 30 heavy (non-hydrogen) atoms. The minimum atomic E-state index is -0.164. The van der Waals surface area contributed by atoms with Crippen molar-refractivity contribution in [3.8, 4) is 0 Å². The number of rotatable bonds is 8. The molecule has 7 heteroatoms. The number of pyridine rings is 1. The highest BCUT2D eigenvalue weighted by atomic mass is 32.1. The van der Waals surface area contributed by atoms with Gasteiger partial charge in [-0.1, -0.05) is 0 Å². The first-order chi connectivity index (χ1) is 14.4. The molecule has 2 aromatic heterocycles. The van der Waals surface area contributed by atoms with Gasteiger partial charge in [-0.15, -0.1) is 11.3 Å². The summed E-state index contributed by atoms with van der Waals surface area (Å²) in [6.07, 6.45) is 4.09. The van der Waals surface area contributed by atoms with Crippen molar-refractivity contribution < 1.29 is 4.79 Å². The SMILES string of the molecule is Cc1ccsc1CN(CCN(C)C)C(=O)c1c(C)ccn(CC2CCCNC2)c1=O. The molecule has 1 fully saturated rings. The van der Waals surface area contributed by atoms with Crippen molar-refractivity contribution in [1.82, 2.24) is 19.7 Å². The van der Waals surface area contributed by atoms with E-state index in [9.17, 15) is 9.59 Å². The van der Waals surface area contributed by atoms with Gasteiger partial charge in [0.2, 0.25) is 0 Å². The number of aryl methyl sites for hydroxylation is 2. The summed E-state index contributed by atoms with van der Waals surface area (Å²) in [6, 6.07) is 3.99. The number of thiophene rings is 1. The summed E-state index contributed by atoms with van der Waals surface area (Å²) in [7, 11) is 4.00. The summed E-state index contributed by atoms with van der Waals surface area (Å²) in [6.45, 7) is 8.45. The summed E-state index contributed by atoms with van der Waals surface area (Å²) in [5.41, 5.74) is 2.09. The van der Waals surface area contributed by atoms with Crippen LogP contribution in [0.4, 0.5) is 0 Å². The van der Waals surface area contributed by atoms with Crippen molar-refractivity contribution in [3.05, 3.63) is 55.6 Å². The molecule has 2 aromatic rings. The normalized spacial score (nSPS) is 16.8. The van der Waals surface area contributed by atoms with Gasteiger partial charge >= 0.3 is 0 Å². The first-order valence-corrected chi connectivity index (χ1v) is 11.6. The van der Waals surface area contributed by atoms with Gasteiger partial charge in [-0.3, -0.25) is 9.59 Å². The molecular weight excluding hydrogens is 396 g/mol. The van der Waals surface area contributed by atoms with Crippen molar-refractivity contribution in [3.63, 3.8) is 0 Å². The largest absolute Gasteiger partial charge is 0.332 e. The second-order valence-electron chi connectivity index (χ2n) is 8.60. The Labute approximate surface area is 183 Å². The minimum absolute atomic E-state index is 0.164. The standard InChI is InChI=1S/C23H34N4O2S/c1-17-8-13-30-20(17)16-27(12-11-25(3)4)23(29)21-18(2)7-10-26(22(21)28)15-19-6-5-9-24-14-19/h7-8,10,13,19,24H,5-6,9,11-12,14-16H2,1-4H3. The van der Waals surface area contributed by atoms with Crippen LogP contribution in [0.5, 0.6) is 0 Å². The zero-order valence-corrected chi connectivity index (χ0v) is 19.4.